The Bertz CT molecular complexity index is 257. The van der Waals surface area contributed by atoms with E-state index in [2.05, 4.69) is 19.1 Å². The molecule has 0 aromatic carbocycles. The van der Waals surface area contributed by atoms with E-state index in [4.69, 9.17) is 0 Å². The van der Waals surface area contributed by atoms with Crippen LogP contribution in [0.15, 0.2) is 23.3 Å². The van der Waals surface area contributed by atoms with Gasteiger partial charge in [-0.25, -0.2) is 0 Å². The second-order valence-corrected chi connectivity index (χ2v) is 4.35. The lowest BCUT2D eigenvalue weighted by atomic mass is 9.92. The molecule has 3 atom stereocenters. The average Bonchev–Trinajstić information content (AvgIpc) is 2.53. The Morgan fingerprint density at radius 1 is 1.45 bits per heavy atom. The van der Waals surface area contributed by atoms with E-state index in [-0.39, 0.29) is 0 Å². The van der Waals surface area contributed by atoms with Gasteiger partial charge in [0.2, 0.25) is 0 Å². The standard InChI is InChI=1S/C11H14/c1-7-4-10-8-2-3-9(6-8)11(10)5-7/h2,5,7,9-10H,3-4,6H2,1H3/t7?,9?,10-/m1/s1. The predicted octanol–water partition coefficient (Wildman–Crippen LogP) is 2.92. The molecule has 0 amide bonds. The third kappa shape index (κ3) is 0.654. The van der Waals surface area contributed by atoms with Gasteiger partial charge in [-0.1, -0.05) is 30.2 Å². The highest BCUT2D eigenvalue weighted by Gasteiger charge is 2.40. The smallest absolute Gasteiger partial charge is 0.00157 e. The first-order valence-electron chi connectivity index (χ1n) is 4.75. The normalized spacial score (nSPS) is 45.7. The summed E-state index contributed by atoms with van der Waals surface area (Å²) in [6, 6.07) is 0. The van der Waals surface area contributed by atoms with Crippen LogP contribution in [0.4, 0.5) is 0 Å². The molecule has 1 fully saturated rings. The van der Waals surface area contributed by atoms with Crippen LogP contribution in [-0.4, -0.2) is 0 Å². The zero-order valence-electron chi connectivity index (χ0n) is 7.01. The fourth-order valence-electron chi connectivity index (χ4n) is 3.09. The summed E-state index contributed by atoms with van der Waals surface area (Å²) in [6.07, 6.45) is 9.20. The van der Waals surface area contributed by atoms with E-state index in [9.17, 15) is 0 Å². The summed E-state index contributed by atoms with van der Waals surface area (Å²) in [7, 11) is 0. The Morgan fingerprint density at radius 2 is 2.36 bits per heavy atom. The van der Waals surface area contributed by atoms with Crippen LogP contribution in [-0.2, 0) is 0 Å². The molecule has 2 unspecified atom stereocenters. The van der Waals surface area contributed by atoms with Gasteiger partial charge in [0.05, 0.1) is 0 Å². The number of hydrogen-bond acceptors (Lipinski definition) is 0. The van der Waals surface area contributed by atoms with Gasteiger partial charge in [-0.2, -0.15) is 0 Å². The lowest BCUT2D eigenvalue weighted by molar-refractivity contribution is 0.596. The third-order valence-electron chi connectivity index (χ3n) is 3.55. The summed E-state index contributed by atoms with van der Waals surface area (Å²) in [5.41, 5.74) is 3.57. The third-order valence-corrected chi connectivity index (χ3v) is 3.55. The molecule has 3 rings (SSSR count). The first kappa shape index (κ1) is 6.05. The number of fused-ring (bicyclic) bond motifs is 5. The molecule has 0 nitrogen and oxygen atoms in total. The van der Waals surface area contributed by atoms with E-state index in [1.807, 2.05) is 0 Å². The van der Waals surface area contributed by atoms with E-state index in [1.54, 1.807) is 11.1 Å². The SMILES string of the molecule is CC1C=C2C3CC=C(C3)[C@H]2C1. The maximum Gasteiger partial charge on any atom is 0.00157 e. The van der Waals surface area contributed by atoms with E-state index in [1.165, 1.54) is 19.3 Å². The summed E-state index contributed by atoms with van der Waals surface area (Å²) in [6.45, 7) is 2.35. The van der Waals surface area contributed by atoms with Crippen molar-refractivity contribution in [2.45, 2.75) is 26.2 Å². The quantitative estimate of drug-likeness (QED) is 0.461. The fourth-order valence-corrected chi connectivity index (χ4v) is 3.09. The molecular formula is C11H14. The van der Waals surface area contributed by atoms with Crippen LogP contribution in [0.5, 0.6) is 0 Å². The Kier molecular flexibility index (Phi) is 0.988. The molecule has 0 aromatic heterocycles. The Labute approximate surface area is 68.0 Å². The number of allylic oxidation sites excluding steroid dienone is 4. The van der Waals surface area contributed by atoms with Gasteiger partial charge in [-0.05, 0) is 31.1 Å². The molecule has 3 aliphatic rings. The summed E-state index contributed by atoms with van der Waals surface area (Å²) < 4.78 is 0. The Morgan fingerprint density at radius 3 is 3.18 bits per heavy atom. The van der Waals surface area contributed by atoms with Gasteiger partial charge < -0.3 is 0 Å². The lowest BCUT2D eigenvalue weighted by Gasteiger charge is -2.13. The zero-order chi connectivity index (χ0) is 7.42. The molecule has 11 heavy (non-hydrogen) atoms. The topological polar surface area (TPSA) is 0 Å². The van der Waals surface area contributed by atoms with Crippen molar-refractivity contribution in [2.24, 2.45) is 17.8 Å². The average molecular weight is 146 g/mol. The van der Waals surface area contributed by atoms with Crippen molar-refractivity contribution < 1.29 is 0 Å². The van der Waals surface area contributed by atoms with Crippen LogP contribution in [0.1, 0.15) is 26.2 Å². The molecule has 0 saturated heterocycles. The highest BCUT2D eigenvalue weighted by molar-refractivity contribution is 5.40. The van der Waals surface area contributed by atoms with Crippen molar-refractivity contribution in [2.75, 3.05) is 0 Å². The van der Waals surface area contributed by atoms with Gasteiger partial charge in [0.1, 0.15) is 0 Å². The molecule has 0 spiro atoms. The van der Waals surface area contributed by atoms with E-state index in [0.717, 1.165) is 17.8 Å². The molecule has 0 aromatic rings. The first-order chi connectivity index (χ1) is 5.34. The summed E-state index contributed by atoms with van der Waals surface area (Å²) in [5.74, 6) is 2.71. The highest BCUT2D eigenvalue weighted by Crippen LogP contribution is 2.53. The van der Waals surface area contributed by atoms with Gasteiger partial charge >= 0.3 is 0 Å². The zero-order valence-corrected chi connectivity index (χ0v) is 7.01. The molecule has 1 saturated carbocycles. The molecule has 0 aliphatic heterocycles. The van der Waals surface area contributed by atoms with Crippen molar-refractivity contribution in [3.8, 4) is 0 Å². The minimum Gasteiger partial charge on any atom is -0.0841 e. The van der Waals surface area contributed by atoms with Gasteiger partial charge in [-0.15, -0.1) is 0 Å². The summed E-state index contributed by atoms with van der Waals surface area (Å²) >= 11 is 0. The van der Waals surface area contributed by atoms with Crippen LogP contribution < -0.4 is 0 Å². The van der Waals surface area contributed by atoms with Crippen LogP contribution in [0, 0.1) is 17.8 Å². The first-order valence-corrected chi connectivity index (χ1v) is 4.75. The fraction of sp³-hybridized carbons (Fsp3) is 0.636. The van der Waals surface area contributed by atoms with Crippen molar-refractivity contribution in [3.05, 3.63) is 23.3 Å². The maximum atomic E-state index is 2.54. The molecule has 0 heterocycles. The maximum absolute atomic E-state index is 2.54. The lowest BCUT2D eigenvalue weighted by Crippen LogP contribution is -2.01. The molecular weight excluding hydrogens is 132 g/mol. The number of rotatable bonds is 0. The van der Waals surface area contributed by atoms with Crippen molar-refractivity contribution >= 4 is 0 Å². The molecule has 0 N–H and O–H groups in total. The second kappa shape index (κ2) is 1.80. The van der Waals surface area contributed by atoms with Gasteiger partial charge in [-0.3, -0.25) is 0 Å². The predicted molar refractivity (Wildman–Crippen MR) is 46.2 cm³/mol. The summed E-state index contributed by atoms with van der Waals surface area (Å²) in [4.78, 5) is 0. The van der Waals surface area contributed by atoms with Crippen LogP contribution in [0.3, 0.4) is 0 Å². The van der Waals surface area contributed by atoms with Crippen molar-refractivity contribution in [1.82, 2.24) is 0 Å². The minimum absolute atomic E-state index is 0.860. The molecule has 3 aliphatic carbocycles. The Balaban J connectivity index is 2.07. The highest BCUT2D eigenvalue weighted by atomic mass is 14.5. The second-order valence-electron chi connectivity index (χ2n) is 4.35. The molecule has 0 radical (unpaired) electrons. The van der Waals surface area contributed by atoms with E-state index in [0.29, 0.717) is 0 Å². The number of hydrogen-bond donors (Lipinski definition) is 0. The van der Waals surface area contributed by atoms with Crippen LogP contribution in [0.25, 0.3) is 0 Å². The van der Waals surface area contributed by atoms with Gasteiger partial charge in [0.25, 0.3) is 0 Å². The minimum atomic E-state index is 0.860. The summed E-state index contributed by atoms with van der Waals surface area (Å²) in [5, 5.41) is 0. The molecule has 2 bridgehead atoms. The molecule has 0 heteroatoms. The Hall–Kier alpha value is -0.520. The monoisotopic (exact) mass is 146 g/mol. The molecule has 58 valence electrons. The van der Waals surface area contributed by atoms with Crippen LogP contribution in [0.2, 0.25) is 0 Å². The largest absolute Gasteiger partial charge is 0.0841 e. The van der Waals surface area contributed by atoms with Crippen molar-refractivity contribution in [3.63, 3.8) is 0 Å². The van der Waals surface area contributed by atoms with Crippen LogP contribution >= 0.6 is 0 Å². The van der Waals surface area contributed by atoms with Gasteiger partial charge in [0, 0.05) is 5.92 Å². The van der Waals surface area contributed by atoms with E-state index < -0.39 is 0 Å². The van der Waals surface area contributed by atoms with Crippen molar-refractivity contribution in [1.29, 1.82) is 0 Å². The van der Waals surface area contributed by atoms with E-state index >= 15 is 0 Å². The van der Waals surface area contributed by atoms with Gasteiger partial charge in [0.15, 0.2) is 0 Å².